The summed E-state index contributed by atoms with van der Waals surface area (Å²) in [6.07, 6.45) is 8.61. The molecule has 4 nitrogen and oxygen atoms in total. The zero-order chi connectivity index (χ0) is 16.0. The van der Waals surface area contributed by atoms with Crippen LogP contribution < -0.4 is 21.3 Å². The second kappa shape index (κ2) is 5.25. The van der Waals surface area contributed by atoms with Crippen molar-refractivity contribution in [2.45, 2.75) is 6.42 Å². The first-order chi connectivity index (χ1) is 11.2. The molecule has 0 fully saturated rings. The quantitative estimate of drug-likeness (QED) is 0.687. The molecule has 1 aromatic carbocycles. The summed E-state index contributed by atoms with van der Waals surface area (Å²) in [4.78, 5) is 26.7. The maximum Gasteiger partial charge on any atom is 0.256 e. The lowest BCUT2D eigenvalue weighted by Crippen LogP contribution is -2.33. The van der Waals surface area contributed by atoms with Crippen molar-refractivity contribution in [2.75, 3.05) is 11.2 Å². The van der Waals surface area contributed by atoms with Crippen molar-refractivity contribution in [3.8, 4) is 0 Å². The first kappa shape index (κ1) is 14.0. The van der Waals surface area contributed by atoms with Crippen molar-refractivity contribution in [3.05, 3.63) is 72.8 Å². The zero-order valence-electron chi connectivity index (χ0n) is 12.2. The van der Waals surface area contributed by atoms with E-state index in [1.165, 1.54) is 0 Å². The molecule has 2 N–H and O–H groups in total. The van der Waals surface area contributed by atoms with E-state index in [9.17, 15) is 9.59 Å². The molecule has 0 unspecified atom stereocenters. The number of aromatic amines is 1. The van der Waals surface area contributed by atoms with Crippen molar-refractivity contribution in [1.29, 1.82) is 0 Å². The highest BCUT2D eigenvalue weighted by Gasteiger charge is 2.13. The number of amides is 1. The van der Waals surface area contributed by atoms with E-state index in [0.717, 1.165) is 38.6 Å². The summed E-state index contributed by atoms with van der Waals surface area (Å²) in [6, 6.07) is 5.62. The number of anilines is 1. The van der Waals surface area contributed by atoms with E-state index in [-0.39, 0.29) is 17.3 Å². The summed E-state index contributed by atoms with van der Waals surface area (Å²) >= 11 is 5.52. The normalized spacial score (nSPS) is 13.4. The van der Waals surface area contributed by atoms with E-state index in [4.69, 9.17) is 11.6 Å². The lowest BCUT2D eigenvalue weighted by molar-refractivity contribution is -0.113. The number of benzene rings is 1. The predicted octanol–water partition coefficient (Wildman–Crippen LogP) is 0.874. The number of carbonyl (C=O) groups is 1. The molecule has 0 saturated carbocycles. The van der Waals surface area contributed by atoms with E-state index < -0.39 is 0 Å². The molecule has 4 rings (SSSR count). The number of allylic oxidation sites excluding steroid dienone is 2. The first-order valence-corrected chi connectivity index (χ1v) is 7.85. The molecule has 5 heteroatoms. The average molecular weight is 325 g/mol. The minimum absolute atomic E-state index is 0.0659. The molecule has 0 aliphatic heterocycles. The van der Waals surface area contributed by atoms with Gasteiger partial charge >= 0.3 is 0 Å². The molecule has 0 radical (unpaired) electrons. The van der Waals surface area contributed by atoms with E-state index in [1.54, 1.807) is 0 Å². The van der Waals surface area contributed by atoms with Gasteiger partial charge in [0.25, 0.3) is 5.56 Å². The third-order valence-corrected chi connectivity index (χ3v) is 4.39. The van der Waals surface area contributed by atoms with Crippen LogP contribution in [-0.2, 0) is 11.2 Å². The highest BCUT2D eigenvalue weighted by Crippen LogP contribution is 2.14. The molecule has 1 amide bonds. The minimum Gasteiger partial charge on any atom is -0.325 e. The highest BCUT2D eigenvalue weighted by atomic mass is 35.5. The van der Waals surface area contributed by atoms with Gasteiger partial charge in [-0.15, -0.1) is 11.6 Å². The Balaban J connectivity index is 1.98. The molecule has 114 valence electrons. The first-order valence-electron chi connectivity index (χ1n) is 7.31. The Kier molecular flexibility index (Phi) is 3.20. The van der Waals surface area contributed by atoms with Crippen molar-refractivity contribution in [3.63, 3.8) is 0 Å². The number of H-pyrrole nitrogens is 1. The van der Waals surface area contributed by atoms with Crippen LogP contribution in [0.25, 0.3) is 12.2 Å². The largest absolute Gasteiger partial charge is 0.325 e. The third kappa shape index (κ3) is 2.23. The van der Waals surface area contributed by atoms with Crippen LogP contribution in [0.1, 0.15) is 11.1 Å². The topological polar surface area (TPSA) is 62.0 Å². The predicted molar refractivity (Wildman–Crippen MR) is 90.7 cm³/mol. The van der Waals surface area contributed by atoms with Crippen LogP contribution in [0.3, 0.4) is 0 Å². The van der Waals surface area contributed by atoms with Crippen LogP contribution >= 0.6 is 11.6 Å². The number of hydrogen-bond acceptors (Lipinski definition) is 2. The van der Waals surface area contributed by atoms with Gasteiger partial charge in [-0.05, 0) is 41.5 Å². The second-order valence-electron chi connectivity index (χ2n) is 5.56. The summed E-state index contributed by atoms with van der Waals surface area (Å²) in [5, 5.41) is 6.27. The van der Waals surface area contributed by atoms with Crippen molar-refractivity contribution >= 4 is 35.3 Å². The monoisotopic (exact) mass is 324 g/mol. The molecule has 23 heavy (non-hydrogen) atoms. The smallest absolute Gasteiger partial charge is 0.256 e. The molecule has 0 atom stereocenters. The highest BCUT2D eigenvalue weighted by molar-refractivity contribution is 6.29. The SMILES string of the molecule is O=C(CCl)Nc1ccc2c(c1)=Cc1c3c(c(=O)[nH]c1=2)=CC=CC3. The molecule has 2 aliphatic rings. The van der Waals surface area contributed by atoms with Gasteiger partial charge < -0.3 is 10.3 Å². The Morgan fingerprint density at radius 3 is 3.04 bits per heavy atom. The molecular weight excluding hydrogens is 312 g/mol. The van der Waals surface area contributed by atoms with Gasteiger partial charge in [0.15, 0.2) is 0 Å². The number of halogens is 1. The van der Waals surface area contributed by atoms with E-state index in [0.29, 0.717) is 5.69 Å². The van der Waals surface area contributed by atoms with Gasteiger partial charge in [-0.25, -0.2) is 0 Å². The van der Waals surface area contributed by atoms with Gasteiger partial charge in [0.2, 0.25) is 5.91 Å². The number of aromatic nitrogens is 1. The molecule has 1 heterocycles. The molecule has 1 aromatic heterocycles. The van der Waals surface area contributed by atoms with Crippen LogP contribution in [0, 0.1) is 10.6 Å². The zero-order valence-corrected chi connectivity index (χ0v) is 12.9. The van der Waals surface area contributed by atoms with E-state index in [2.05, 4.69) is 16.4 Å². The Bertz CT molecular complexity index is 1140. The summed E-state index contributed by atoms with van der Waals surface area (Å²) in [5.41, 5.74) is 2.73. The summed E-state index contributed by atoms with van der Waals surface area (Å²) in [7, 11) is 0. The Morgan fingerprint density at radius 1 is 1.35 bits per heavy atom. The fourth-order valence-electron chi connectivity index (χ4n) is 3.14. The molecule has 0 spiro atoms. The van der Waals surface area contributed by atoms with Crippen LogP contribution in [-0.4, -0.2) is 16.8 Å². The Morgan fingerprint density at radius 2 is 2.22 bits per heavy atom. The molecule has 2 aliphatic carbocycles. The van der Waals surface area contributed by atoms with Gasteiger partial charge in [-0.2, -0.15) is 0 Å². The minimum atomic E-state index is -0.243. The van der Waals surface area contributed by atoms with Gasteiger partial charge in [0, 0.05) is 21.7 Å². The maximum atomic E-state index is 12.3. The van der Waals surface area contributed by atoms with Crippen molar-refractivity contribution in [1.82, 2.24) is 4.98 Å². The Hall–Kier alpha value is -2.59. The lowest BCUT2D eigenvalue weighted by Gasteiger charge is -2.06. The number of hydrogen-bond donors (Lipinski definition) is 2. The standard InChI is InChI=1S/C18H13ClN2O2/c19-9-16(22)20-11-5-6-12-10(7-11)8-15-13-3-1-2-4-14(13)18(23)21-17(12)15/h1-2,4-8H,3,9H2,(H,20,22)(H,21,23). The number of nitrogens with one attached hydrogen (secondary N) is 2. The Labute approximate surface area is 136 Å². The van der Waals surface area contributed by atoms with Gasteiger partial charge in [0.1, 0.15) is 5.88 Å². The third-order valence-electron chi connectivity index (χ3n) is 4.15. The van der Waals surface area contributed by atoms with E-state index in [1.807, 2.05) is 36.4 Å². The van der Waals surface area contributed by atoms with Crippen LogP contribution in [0.4, 0.5) is 5.69 Å². The molecule has 2 aromatic rings. The summed E-state index contributed by atoms with van der Waals surface area (Å²) in [6.45, 7) is 0. The number of carbonyl (C=O) groups excluding carboxylic acids is 1. The lowest BCUT2D eigenvalue weighted by atomic mass is 10.0. The fourth-order valence-corrected chi connectivity index (χ4v) is 3.20. The van der Waals surface area contributed by atoms with Gasteiger partial charge in [0.05, 0.1) is 5.35 Å². The number of pyridine rings is 1. The molecular formula is C18H13ClN2O2. The van der Waals surface area contributed by atoms with Crippen LogP contribution in [0.5, 0.6) is 0 Å². The van der Waals surface area contributed by atoms with Crippen molar-refractivity contribution in [2.24, 2.45) is 0 Å². The van der Waals surface area contributed by atoms with Gasteiger partial charge in [-0.3, -0.25) is 9.59 Å². The average Bonchev–Trinajstić information content (AvgIpc) is 2.93. The molecule has 0 bridgehead atoms. The second-order valence-corrected chi connectivity index (χ2v) is 5.83. The van der Waals surface area contributed by atoms with Crippen LogP contribution in [0.15, 0.2) is 35.1 Å². The van der Waals surface area contributed by atoms with Gasteiger partial charge in [-0.1, -0.05) is 18.2 Å². The summed E-state index contributed by atoms with van der Waals surface area (Å²) in [5.74, 6) is -0.322. The number of alkyl halides is 1. The molecule has 0 saturated heterocycles. The number of fused-ring (bicyclic) bond motifs is 4. The van der Waals surface area contributed by atoms with E-state index >= 15 is 0 Å². The summed E-state index contributed by atoms with van der Waals surface area (Å²) < 4.78 is 0. The van der Waals surface area contributed by atoms with Crippen LogP contribution in [0.2, 0.25) is 0 Å². The number of rotatable bonds is 2. The van der Waals surface area contributed by atoms with Crippen molar-refractivity contribution < 1.29 is 4.79 Å². The maximum absolute atomic E-state index is 12.3. The fraction of sp³-hybridized carbons (Fsp3) is 0.111.